The van der Waals surface area contributed by atoms with Crippen molar-refractivity contribution < 1.29 is 0 Å². The molecule has 0 aliphatic rings. The molecule has 0 amide bonds. The van der Waals surface area contributed by atoms with E-state index in [1.54, 1.807) is 0 Å². The molecule has 1 heterocycles. The molecular formula is C17H18ClN3. The molecule has 0 spiro atoms. The first-order valence-electron chi connectivity index (χ1n) is 7.15. The van der Waals surface area contributed by atoms with Crippen LogP contribution in [0.4, 0.5) is 0 Å². The Bertz CT molecular complexity index is 749. The lowest BCUT2D eigenvalue weighted by atomic mass is 10.0. The number of hydrogen-bond donors (Lipinski definition) is 1. The summed E-state index contributed by atoms with van der Waals surface area (Å²) in [5.74, 6) is 0.983. The molecular weight excluding hydrogens is 282 g/mol. The van der Waals surface area contributed by atoms with Crippen LogP contribution < -0.4 is 5.73 Å². The Kier molecular flexibility index (Phi) is 3.95. The Labute approximate surface area is 129 Å². The molecule has 4 heteroatoms. The average Bonchev–Trinajstić information content (AvgIpc) is 2.86. The molecule has 0 saturated carbocycles. The van der Waals surface area contributed by atoms with Gasteiger partial charge in [0.05, 0.1) is 16.1 Å². The summed E-state index contributed by atoms with van der Waals surface area (Å²) in [5, 5.41) is 0.737. The predicted octanol–water partition coefficient (Wildman–Crippen LogP) is 3.95. The maximum absolute atomic E-state index is 6.32. The predicted molar refractivity (Wildman–Crippen MR) is 87.5 cm³/mol. The van der Waals surface area contributed by atoms with E-state index in [0.717, 1.165) is 34.0 Å². The molecule has 0 aliphatic heterocycles. The van der Waals surface area contributed by atoms with Gasteiger partial charge in [-0.2, -0.15) is 0 Å². The second-order valence-corrected chi connectivity index (χ2v) is 5.51. The summed E-state index contributed by atoms with van der Waals surface area (Å²) < 4.78 is 2.15. The quantitative estimate of drug-likeness (QED) is 0.792. The third-order valence-electron chi connectivity index (χ3n) is 3.74. The summed E-state index contributed by atoms with van der Waals surface area (Å²) in [4.78, 5) is 4.71. The number of imidazole rings is 1. The minimum atomic E-state index is -0.0629. The van der Waals surface area contributed by atoms with Crippen molar-refractivity contribution in [2.24, 2.45) is 5.73 Å². The van der Waals surface area contributed by atoms with Crippen LogP contribution in [-0.2, 0) is 13.0 Å². The molecule has 2 aromatic carbocycles. The Balaban J connectivity index is 1.99. The summed E-state index contributed by atoms with van der Waals surface area (Å²) in [6.07, 6.45) is 0.697. The first kappa shape index (κ1) is 14.1. The van der Waals surface area contributed by atoms with Gasteiger partial charge in [-0.15, -0.1) is 0 Å². The summed E-state index contributed by atoms with van der Waals surface area (Å²) in [6.45, 7) is 2.93. The molecule has 0 aliphatic carbocycles. The third-order valence-corrected chi connectivity index (χ3v) is 4.05. The zero-order chi connectivity index (χ0) is 14.8. The van der Waals surface area contributed by atoms with E-state index in [-0.39, 0.29) is 6.04 Å². The van der Waals surface area contributed by atoms with Crippen molar-refractivity contribution in [1.82, 2.24) is 9.55 Å². The van der Waals surface area contributed by atoms with Crippen LogP contribution in [0.2, 0.25) is 5.02 Å². The van der Waals surface area contributed by atoms with E-state index >= 15 is 0 Å². The zero-order valence-corrected chi connectivity index (χ0v) is 12.7. The normalized spacial score (nSPS) is 12.7. The number of fused-ring (bicyclic) bond motifs is 1. The van der Waals surface area contributed by atoms with Gasteiger partial charge in [0.1, 0.15) is 5.82 Å². The highest BCUT2D eigenvalue weighted by Gasteiger charge is 2.15. The van der Waals surface area contributed by atoms with Crippen LogP contribution in [0.3, 0.4) is 0 Å². The first-order chi connectivity index (χ1) is 10.2. The van der Waals surface area contributed by atoms with Gasteiger partial charge < -0.3 is 10.3 Å². The molecule has 3 rings (SSSR count). The molecule has 0 radical (unpaired) electrons. The number of aromatic nitrogens is 2. The molecule has 1 unspecified atom stereocenters. The molecule has 0 fully saturated rings. The van der Waals surface area contributed by atoms with Gasteiger partial charge >= 0.3 is 0 Å². The lowest BCUT2D eigenvalue weighted by molar-refractivity contribution is 0.637. The zero-order valence-electron chi connectivity index (χ0n) is 12.0. The fourth-order valence-corrected chi connectivity index (χ4v) is 2.97. The highest BCUT2D eigenvalue weighted by molar-refractivity contribution is 6.35. The van der Waals surface area contributed by atoms with Gasteiger partial charge in [0.25, 0.3) is 0 Å². The van der Waals surface area contributed by atoms with Gasteiger partial charge in [0.15, 0.2) is 0 Å². The Hall–Kier alpha value is -1.84. The van der Waals surface area contributed by atoms with Crippen LogP contribution in [0, 0.1) is 0 Å². The molecule has 3 nitrogen and oxygen atoms in total. The minimum absolute atomic E-state index is 0.0629. The largest absolute Gasteiger partial charge is 0.327 e. The van der Waals surface area contributed by atoms with Gasteiger partial charge in [-0.05, 0) is 24.6 Å². The van der Waals surface area contributed by atoms with E-state index in [0.29, 0.717) is 6.42 Å². The van der Waals surface area contributed by atoms with E-state index in [9.17, 15) is 0 Å². The molecule has 0 saturated heterocycles. The molecule has 108 valence electrons. The summed E-state index contributed by atoms with van der Waals surface area (Å²) in [6, 6.07) is 15.9. The topological polar surface area (TPSA) is 43.8 Å². The van der Waals surface area contributed by atoms with Crippen LogP contribution in [0.1, 0.15) is 24.4 Å². The number of halogens is 1. The standard InChI is InChI=1S/C17H18ClN3/c1-2-21-16(11-14(19)12-7-4-3-5-8-12)20-15-10-6-9-13(18)17(15)21/h3-10,14H,2,11,19H2,1H3. The van der Waals surface area contributed by atoms with Crippen molar-refractivity contribution in [3.05, 3.63) is 64.9 Å². The second kappa shape index (κ2) is 5.88. The maximum atomic E-state index is 6.32. The van der Waals surface area contributed by atoms with Crippen molar-refractivity contribution in [1.29, 1.82) is 0 Å². The average molecular weight is 300 g/mol. The number of benzene rings is 2. The maximum Gasteiger partial charge on any atom is 0.111 e. The number of rotatable bonds is 4. The van der Waals surface area contributed by atoms with Gasteiger partial charge in [-0.1, -0.05) is 48.0 Å². The highest BCUT2D eigenvalue weighted by Crippen LogP contribution is 2.26. The van der Waals surface area contributed by atoms with Gasteiger partial charge in [0, 0.05) is 19.0 Å². The monoisotopic (exact) mass is 299 g/mol. The number of aryl methyl sites for hydroxylation is 1. The summed E-state index contributed by atoms with van der Waals surface area (Å²) in [7, 11) is 0. The van der Waals surface area contributed by atoms with Gasteiger partial charge in [-0.25, -0.2) is 4.98 Å². The molecule has 3 aromatic rings. The van der Waals surface area contributed by atoms with Crippen LogP contribution in [0.5, 0.6) is 0 Å². The Morgan fingerprint density at radius 3 is 2.62 bits per heavy atom. The molecule has 0 bridgehead atoms. The first-order valence-corrected chi connectivity index (χ1v) is 7.52. The second-order valence-electron chi connectivity index (χ2n) is 5.10. The van der Waals surface area contributed by atoms with Crippen molar-refractivity contribution >= 4 is 22.6 Å². The van der Waals surface area contributed by atoms with E-state index in [4.69, 9.17) is 22.3 Å². The number of nitrogens with two attached hydrogens (primary N) is 1. The molecule has 1 atom stereocenters. The van der Waals surface area contributed by atoms with E-state index in [1.165, 1.54) is 0 Å². The van der Waals surface area contributed by atoms with E-state index < -0.39 is 0 Å². The minimum Gasteiger partial charge on any atom is -0.327 e. The van der Waals surface area contributed by atoms with Crippen LogP contribution in [0.25, 0.3) is 11.0 Å². The van der Waals surface area contributed by atoms with Gasteiger partial charge in [-0.3, -0.25) is 0 Å². The highest BCUT2D eigenvalue weighted by atomic mass is 35.5. The molecule has 1 aromatic heterocycles. The fourth-order valence-electron chi connectivity index (χ4n) is 2.70. The van der Waals surface area contributed by atoms with Crippen molar-refractivity contribution in [2.45, 2.75) is 25.9 Å². The Morgan fingerprint density at radius 1 is 1.14 bits per heavy atom. The number of hydrogen-bond acceptors (Lipinski definition) is 2. The lowest BCUT2D eigenvalue weighted by Gasteiger charge is -2.13. The third kappa shape index (κ3) is 2.67. The smallest absolute Gasteiger partial charge is 0.111 e. The molecule has 2 N–H and O–H groups in total. The van der Waals surface area contributed by atoms with Crippen LogP contribution in [-0.4, -0.2) is 9.55 Å². The Morgan fingerprint density at radius 2 is 1.90 bits per heavy atom. The van der Waals surface area contributed by atoms with E-state index in [1.807, 2.05) is 36.4 Å². The number of nitrogens with zero attached hydrogens (tertiary/aromatic N) is 2. The van der Waals surface area contributed by atoms with Crippen LogP contribution in [0.15, 0.2) is 48.5 Å². The van der Waals surface area contributed by atoms with Crippen molar-refractivity contribution in [3.63, 3.8) is 0 Å². The summed E-state index contributed by atoms with van der Waals surface area (Å²) in [5.41, 5.74) is 9.37. The van der Waals surface area contributed by atoms with Crippen molar-refractivity contribution in [2.75, 3.05) is 0 Å². The summed E-state index contributed by atoms with van der Waals surface area (Å²) >= 11 is 6.32. The van der Waals surface area contributed by atoms with E-state index in [2.05, 4.69) is 23.6 Å². The number of para-hydroxylation sites is 1. The van der Waals surface area contributed by atoms with Crippen molar-refractivity contribution in [3.8, 4) is 0 Å². The SMILES string of the molecule is CCn1c(CC(N)c2ccccc2)nc2cccc(Cl)c21. The van der Waals surface area contributed by atoms with Crippen LogP contribution >= 0.6 is 11.6 Å². The molecule has 21 heavy (non-hydrogen) atoms. The lowest BCUT2D eigenvalue weighted by Crippen LogP contribution is -2.16. The fraction of sp³-hybridized carbons (Fsp3) is 0.235. The van der Waals surface area contributed by atoms with Gasteiger partial charge in [0.2, 0.25) is 0 Å².